The van der Waals surface area contributed by atoms with Crippen molar-refractivity contribution in [1.29, 1.82) is 0 Å². The molecule has 1 rings (SSSR count). The number of rotatable bonds is 4. The third-order valence-corrected chi connectivity index (χ3v) is 1.66. The summed E-state index contributed by atoms with van der Waals surface area (Å²) in [6, 6.07) is 3.42. The molecule has 0 bridgehead atoms. The summed E-state index contributed by atoms with van der Waals surface area (Å²) in [5, 5.41) is -0.459. The molecule has 1 aromatic heterocycles. The van der Waals surface area contributed by atoms with E-state index in [-0.39, 0.29) is 0 Å². The Morgan fingerprint density at radius 2 is 2.50 bits per heavy atom. The molecule has 0 saturated heterocycles. The van der Waals surface area contributed by atoms with Gasteiger partial charge < -0.3 is 9.30 Å². The van der Waals surface area contributed by atoms with Crippen LogP contribution in [0.25, 0.3) is 0 Å². The molecule has 0 saturated carbocycles. The second-order valence-electron chi connectivity index (χ2n) is 2.26. The lowest BCUT2D eigenvalue weighted by Crippen LogP contribution is -2.06. The first-order chi connectivity index (χ1) is 5.75. The lowest BCUT2D eigenvalue weighted by molar-refractivity contribution is 0.0835. The molecular formula is C8H10ClNO2. The van der Waals surface area contributed by atoms with Crippen LogP contribution in [0.5, 0.6) is 0 Å². The monoisotopic (exact) mass is 187 g/mol. The highest BCUT2D eigenvalue weighted by atomic mass is 35.5. The van der Waals surface area contributed by atoms with Gasteiger partial charge in [-0.1, -0.05) is 0 Å². The summed E-state index contributed by atoms with van der Waals surface area (Å²) < 4.78 is 6.79. The SMILES string of the molecule is CCOCn1cccc1C(=O)Cl. The Hall–Kier alpha value is -0.800. The molecule has 0 N–H and O–H groups in total. The molecule has 12 heavy (non-hydrogen) atoms. The molecule has 0 aromatic carbocycles. The Labute approximate surface area is 75.9 Å². The second-order valence-corrected chi connectivity index (χ2v) is 2.60. The fourth-order valence-electron chi connectivity index (χ4n) is 0.895. The summed E-state index contributed by atoms with van der Waals surface area (Å²) >= 11 is 5.31. The zero-order valence-corrected chi connectivity index (χ0v) is 7.54. The van der Waals surface area contributed by atoms with Crippen LogP contribution in [0.2, 0.25) is 0 Å². The van der Waals surface area contributed by atoms with E-state index in [0.29, 0.717) is 19.0 Å². The Morgan fingerprint density at radius 3 is 3.08 bits per heavy atom. The molecule has 0 aliphatic rings. The highest BCUT2D eigenvalue weighted by Crippen LogP contribution is 2.05. The van der Waals surface area contributed by atoms with Crippen molar-refractivity contribution < 1.29 is 9.53 Å². The van der Waals surface area contributed by atoms with Crippen molar-refractivity contribution in [3.63, 3.8) is 0 Å². The van der Waals surface area contributed by atoms with Crippen LogP contribution in [0.1, 0.15) is 17.4 Å². The van der Waals surface area contributed by atoms with Crippen molar-refractivity contribution in [2.75, 3.05) is 6.61 Å². The van der Waals surface area contributed by atoms with Crippen molar-refractivity contribution in [1.82, 2.24) is 4.57 Å². The normalized spacial score (nSPS) is 10.2. The standard InChI is InChI=1S/C8H10ClNO2/c1-2-12-6-10-5-3-4-7(10)8(9)11/h3-5H,2,6H2,1H3. The lowest BCUT2D eigenvalue weighted by atomic mass is 10.5. The number of nitrogens with zero attached hydrogens (tertiary/aromatic N) is 1. The van der Waals surface area contributed by atoms with E-state index in [9.17, 15) is 4.79 Å². The predicted octanol–water partition coefficient (Wildman–Crippen LogP) is 1.86. The van der Waals surface area contributed by atoms with Crippen LogP contribution in [-0.4, -0.2) is 16.4 Å². The Bertz CT molecular complexity index is 270. The smallest absolute Gasteiger partial charge is 0.268 e. The molecule has 0 fully saturated rings. The van der Waals surface area contributed by atoms with E-state index in [1.165, 1.54) is 0 Å². The molecule has 0 amide bonds. The molecule has 4 heteroatoms. The van der Waals surface area contributed by atoms with Gasteiger partial charge in [0.2, 0.25) is 0 Å². The third kappa shape index (κ3) is 2.09. The summed E-state index contributed by atoms with van der Waals surface area (Å²) in [6.07, 6.45) is 1.76. The average Bonchev–Trinajstić information content (AvgIpc) is 2.48. The van der Waals surface area contributed by atoms with Crippen LogP contribution in [-0.2, 0) is 11.5 Å². The van der Waals surface area contributed by atoms with E-state index in [4.69, 9.17) is 16.3 Å². The molecule has 1 aromatic rings. The molecule has 0 aliphatic heterocycles. The van der Waals surface area contributed by atoms with Gasteiger partial charge in [-0.05, 0) is 30.7 Å². The van der Waals surface area contributed by atoms with Crippen LogP contribution < -0.4 is 0 Å². The zero-order chi connectivity index (χ0) is 8.97. The van der Waals surface area contributed by atoms with Crippen LogP contribution in [0.4, 0.5) is 0 Å². The molecule has 0 atom stereocenters. The number of carbonyl (C=O) groups is 1. The minimum atomic E-state index is -0.459. The van der Waals surface area contributed by atoms with E-state index in [1.54, 1.807) is 22.9 Å². The molecule has 66 valence electrons. The maximum Gasteiger partial charge on any atom is 0.268 e. The van der Waals surface area contributed by atoms with Crippen LogP contribution in [0.3, 0.4) is 0 Å². The molecule has 0 aliphatic carbocycles. The van der Waals surface area contributed by atoms with E-state index in [0.717, 1.165) is 0 Å². The highest BCUT2D eigenvalue weighted by molar-refractivity contribution is 6.67. The van der Waals surface area contributed by atoms with Crippen molar-refractivity contribution >= 4 is 16.8 Å². The van der Waals surface area contributed by atoms with Crippen molar-refractivity contribution in [2.45, 2.75) is 13.7 Å². The Morgan fingerprint density at radius 1 is 1.75 bits per heavy atom. The summed E-state index contributed by atoms with van der Waals surface area (Å²) in [4.78, 5) is 10.8. The average molecular weight is 188 g/mol. The molecule has 0 unspecified atom stereocenters. The molecular weight excluding hydrogens is 178 g/mol. The number of halogens is 1. The maximum atomic E-state index is 10.8. The van der Waals surface area contributed by atoms with Gasteiger partial charge in [0.15, 0.2) is 0 Å². The molecule has 1 heterocycles. The van der Waals surface area contributed by atoms with E-state index in [2.05, 4.69) is 0 Å². The lowest BCUT2D eigenvalue weighted by Gasteiger charge is -2.04. The molecule has 0 spiro atoms. The second kappa shape index (κ2) is 4.28. The van der Waals surface area contributed by atoms with E-state index >= 15 is 0 Å². The van der Waals surface area contributed by atoms with Crippen LogP contribution >= 0.6 is 11.6 Å². The predicted molar refractivity (Wildman–Crippen MR) is 46.2 cm³/mol. The Kier molecular flexibility index (Phi) is 3.31. The highest BCUT2D eigenvalue weighted by Gasteiger charge is 2.06. The number of aromatic nitrogens is 1. The van der Waals surface area contributed by atoms with Crippen molar-refractivity contribution in [3.8, 4) is 0 Å². The van der Waals surface area contributed by atoms with E-state index < -0.39 is 5.24 Å². The van der Waals surface area contributed by atoms with Gasteiger partial charge in [0.05, 0.1) is 0 Å². The fourth-order valence-corrected chi connectivity index (χ4v) is 1.07. The topological polar surface area (TPSA) is 31.2 Å². The van der Waals surface area contributed by atoms with Gasteiger partial charge in [0.1, 0.15) is 12.4 Å². The molecule has 0 radical (unpaired) electrons. The minimum Gasteiger partial charge on any atom is -0.361 e. The first kappa shape index (κ1) is 9.29. The number of carbonyl (C=O) groups excluding carboxylic acids is 1. The first-order valence-electron chi connectivity index (χ1n) is 3.68. The van der Waals surface area contributed by atoms with Gasteiger partial charge in [-0.25, -0.2) is 0 Å². The fraction of sp³-hybridized carbons (Fsp3) is 0.375. The molecule has 3 nitrogen and oxygen atoms in total. The van der Waals surface area contributed by atoms with Crippen molar-refractivity contribution in [2.24, 2.45) is 0 Å². The third-order valence-electron chi connectivity index (χ3n) is 1.47. The Balaban J connectivity index is 2.70. The van der Waals surface area contributed by atoms with Gasteiger partial charge in [-0.2, -0.15) is 0 Å². The largest absolute Gasteiger partial charge is 0.361 e. The van der Waals surface area contributed by atoms with Crippen LogP contribution in [0, 0.1) is 0 Å². The zero-order valence-electron chi connectivity index (χ0n) is 6.79. The first-order valence-corrected chi connectivity index (χ1v) is 4.06. The van der Waals surface area contributed by atoms with Gasteiger partial charge in [0.25, 0.3) is 5.24 Å². The number of hydrogen-bond acceptors (Lipinski definition) is 2. The van der Waals surface area contributed by atoms with Gasteiger partial charge in [-0.3, -0.25) is 4.79 Å². The summed E-state index contributed by atoms with van der Waals surface area (Å²) in [7, 11) is 0. The van der Waals surface area contributed by atoms with E-state index in [1.807, 2.05) is 6.92 Å². The van der Waals surface area contributed by atoms with Crippen molar-refractivity contribution in [3.05, 3.63) is 24.0 Å². The van der Waals surface area contributed by atoms with Crippen LogP contribution in [0.15, 0.2) is 18.3 Å². The number of hydrogen-bond donors (Lipinski definition) is 0. The quantitative estimate of drug-likeness (QED) is 0.674. The number of ether oxygens (including phenoxy) is 1. The van der Waals surface area contributed by atoms with Gasteiger partial charge in [-0.15, -0.1) is 0 Å². The maximum absolute atomic E-state index is 10.8. The summed E-state index contributed by atoms with van der Waals surface area (Å²) in [5.74, 6) is 0. The van der Waals surface area contributed by atoms with Gasteiger partial charge >= 0.3 is 0 Å². The summed E-state index contributed by atoms with van der Waals surface area (Å²) in [6.45, 7) is 2.89. The van der Waals surface area contributed by atoms with Gasteiger partial charge in [0, 0.05) is 12.8 Å². The summed E-state index contributed by atoms with van der Waals surface area (Å²) in [5.41, 5.74) is 0.463. The minimum absolute atomic E-state index is 0.372.